The smallest absolute Gasteiger partial charge is 0.265 e. The number of amides is 1. The third-order valence-corrected chi connectivity index (χ3v) is 8.78. The van der Waals surface area contributed by atoms with E-state index in [1.165, 1.54) is 17.0 Å². The third-order valence-electron chi connectivity index (χ3n) is 7.67. The van der Waals surface area contributed by atoms with E-state index in [1.807, 2.05) is 87.8 Å². The number of pyridine rings is 2. The summed E-state index contributed by atoms with van der Waals surface area (Å²) >= 11 is 1.49. The number of carbonyl (C=O) groups is 1. The minimum atomic E-state index is -0.113. The molecule has 0 radical (unpaired) electrons. The van der Waals surface area contributed by atoms with Crippen LogP contribution in [-0.4, -0.2) is 53.6 Å². The Morgan fingerprint density at radius 3 is 2.36 bits per heavy atom. The van der Waals surface area contributed by atoms with Crippen molar-refractivity contribution < 1.29 is 4.79 Å². The van der Waals surface area contributed by atoms with Gasteiger partial charge in [0.05, 0.1) is 16.8 Å². The summed E-state index contributed by atoms with van der Waals surface area (Å²) in [7, 11) is 3.92. The highest BCUT2D eigenvalue weighted by Gasteiger charge is 2.15. The molecule has 7 nitrogen and oxygen atoms in total. The second-order valence-electron chi connectivity index (χ2n) is 10.9. The maximum Gasteiger partial charge on any atom is 0.265 e. The van der Waals surface area contributed by atoms with Gasteiger partial charge in [0.1, 0.15) is 0 Å². The molecule has 0 spiro atoms. The van der Waals surface area contributed by atoms with Crippen molar-refractivity contribution in [2.24, 2.45) is 7.05 Å². The van der Waals surface area contributed by atoms with Gasteiger partial charge in [-0.15, -0.1) is 11.3 Å². The largest absolute Gasteiger partial charge is 0.368 e. The molecule has 1 fully saturated rings. The van der Waals surface area contributed by atoms with Crippen molar-refractivity contribution in [3.05, 3.63) is 111 Å². The molecule has 8 heteroatoms. The van der Waals surface area contributed by atoms with Gasteiger partial charge in [-0.2, -0.15) is 0 Å². The SMILES string of the molecule is Cc1c(NC(=O)c2cc3ccccc3s2)cccc1-c1cc(C)c(=O)n(C)c1.Cc1ccc(N2CCN(C)CC2)cn1. The molecule has 0 aliphatic carbocycles. The molecule has 42 heavy (non-hydrogen) atoms. The van der Waals surface area contributed by atoms with Gasteiger partial charge in [0.25, 0.3) is 11.5 Å². The lowest BCUT2D eigenvalue weighted by atomic mass is 9.99. The summed E-state index contributed by atoms with van der Waals surface area (Å²) in [5.41, 5.74) is 6.71. The average Bonchev–Trinajstić information content (AvgIpc) is 3.43. The van der Waals surface area contributed by atoms with Crippen molar-refractivity contribution in [3.8, 4) is 11.1 Å². The molecular weight excluding hydrogens is 542 g/mol. The molecule has 0 saturated carbocycles. The number of nitrogens with zero attached hydrogens (tertiary/aromatic N) is 4. The Morgan fingerprint density at radius 2 is 1.67 bits per heavy atom. The molecule has 1 aliphatic heterocycles. The van der Waals surface area contributed by atoms with Gasteiger partial charge < -0.3 is 19.7 Å². The Morgan fingerprint density at radius 1 is 0.905 bits per heavy atom. The van der Waals surface area contributed by atoms with E-state index in [0.717, 1.165) is 64.3 Å². The van der Waals surface area contributed by atoms with E-state index in [2.05, 4.69) is 39.3 Å². The first-order valence-electron chi connectivity index (χ1n) is 14.1. The van der Waals surface area contributed by atoms with Gasteiger partial charge in [0.15, 0.2) is 0 Å². The van der Waals surface area contributed by atoms with Crippen LogP contribution < -0.4 is 15.8 Å². The first-order chi connectivity index (χ1) is 20.2. The Labute approximate surface area is 251 Å². The van der Waals surface area contributed by atoms with E-state index >= 15 is 0 Å². The zero-order valence-electron chi connectivity index (χ0n) is 24.8. The Balaban J connectivity index is 0.000000211. The van der Waals surface area contributed by atoms with Crippen molar-refractivity contribution in [3.63, 3.8) is 0 Å². The summed E-state index contributed by atoms with van der Waals surface area (Å²) in [5.74, 6) is -0.113. The summed E-state index contributed by atoms with van der Waals surface area (Å²) in [4.78, 5) is 34.5. The second kappa shape index (κ2) is 12.7. The lowest BCUT2D eigenvalue weighted by molar-refractivity contribution is 0.103. The standard InChI is InChI=1S/C23H20N2O2S.C11H17N3/c1-14-11-17(13-25(3)23(14)27)18-8-6-9-19(15(18)2)24-22(26)21-12-16-7-4-5-10-20(16)28-21;1-10-3-4-11(9-12-10)14-7-5-13(2)6-8-14/h4-13H,1-3H3,(H,24,26);3-4,9H,5-8H2,1-2H3. The van der Waals surface area contributed by atoms with Gasteiger partial charge in [0, 0.05) is 61.1 Å². The number of aromatic nitrogens is 2. The summed E-state index contributed by atoms with van der Waals surface area (Å²) in [6.45, 7) is 10.3. The number of hydrogen-bond acceptors (Lipinski definition) is 6. The molecule has 216 valence electrons. The van der Waals surface area contributed by atoms with Crippen molar-refractivity contribution in [2.75, 3.05) is 43.4 Å². The highest BCUT2D eigenvalue weighted by atomic mass is 32.1. The van der Waals surface area contributed by atoms with Crippen LogP contribution in [-0.2, 0) is 7.05 Å². The fourth-order valence-corrected chi connectivity index (χ4v) is 6.06. The number of piperazine rings is 1. The maximum atomic E-state index is 12.8. The van der Waals surface area contributed by atoms with Crippen LogP contribution in [0.15, 0.2) is 83.9 Å². The van der Waals surface area contributed by atoms with E-state index in [9.17, 15) is 9.59 Å². The molecule has 1 saturated heterocycles. The fourth-order valence-electron chi connectivity index (χ4n) is 5.10. The summed E-state index contributed by atoms with van der Waals surface area (Å²) in [6.07, 6.45) is 3.80. The predicted octanol–water partition coefficient (Wildman–Crippen LogP) is 6.28. The van der Waals surface area contributed by atoms with Crippen LogP contribution in [0.25, 0.3) is 21.2 Å². The van der Waals surface area contributed by atoms with Crippen molar-refractivity contribution in [2.45, 2.75) is 20.8 Å². The lowest BCUT2D eigenvalue weighted by Crippen LogP contribution is -2.44. The average molecular weight is 580 g/mol. The Hall–Kier alpha value is -4.27. The molecule has 2 aromatic carbocycles. The fraction of sp³-hybridized carbons (Fsp3) is 0.265. The molecule has 0 bridgehead atoms. The summed E-state index contributed by atoms with van der Waals surface area (Å²) in [5, 5.41) is 4.11. The van der Waals surface area contributed by atoms with Crippen LogP contribution >= 0.6 is 11.3 Å². The molecule has 1 N–H and O–H groups in total. The normalized spacial score (nSPS) is 13.5. The summed E-state index contributed by atoms with van der Waals surface area (Å²) < 4.78 is 2.69. The first kappa shape index (κ1) is 29.2. The minimum absolute atomic E-state index is 0.00405. The van der Waals surface area contributed by atoms with E-state index in [4.69, 9.17) is 0 Å². The van der Waals surface area contributed by atoms with E-state index in [-0.39, 0.29) is 11.5 Å². The Kier molecular flexibility index (Phi) is 8.85. The zero-order valence-corrected chi connectivity index (χ0v) is 25.7. The van der Waals surface area contributed by atoms with Gasteiger partial charge in [-0.1, -0.05) is 30.3 Å². The van der Waals surface area contributed by atoms with Crippen molar-refractivity contribution >= 4 is 38.7 Å². The maximum absolute atomic E-state index is 12.8. The number of thiophene rings is 1. The van der Waals surface area contributed by atoms with Crippen LogP contribution in [0.1, 0.15) is 26.5 Å². The number of likely N-dealkylation sites (N-methyl/N-ethyl adjacent to an activating group) is 1. The highest BCUT2D eigenvalue weighted by Crippen LogP contribution is 2.30. The monoisotopic (exact) mass is 579 g/mol. The van der Waals surface area contributed by atoms with Gasteiger partial charge in [-0.3, -0.25) is 14.6 Å². The number of anilines is 2. The van der Waals surface area contributed by atoms with Crippen LogP contribution in [0.3, 0.4) is 0 Å². The number of aryl methyl sites for hydroxylation is 3. The van der Waals surface area contributed by atoms with Crippen LogP contribution in [0, 0.1) is 20.8 Å². The van der Waals surface area contributed by atoms with Gasteiger partial charge in [-0.05, 0) is 86.3 Å². The van der Waals surface area contributed by atoms with E-state index in [0.29, 0.717) is 10.4 Å². The number of benzene rings is 2. The number of nitrogens with one attached hydrogen (secondary N) is 1. The predicted molar refractivity (Wildman–Crippen MR) is 175 cm³/mol. The number of rotatable bonds is 4. The molecule has 5 aromatic rings. The van der Waals surface area contributed by atoms with Crippen molar-refractivity contribution in [1.29, 1.82) is 0 Å². The van der Waals surface area contributed by atoms with Gasteiger partial charge in [-0.25, -0.2) is 0 Å². The molecule has 6 rings (SSSR count). The molecule has 1 aliphatic rings. The van der Waals surface area contributed by atoms with Crippen LogP contribution in [0.4, 0.5) is 11.4 Å². The van der Waals surface area contributed by atoms with Crippen LogP contribution in [0.5, 0.6) is 0 Å². The zero-order chi connectivity index (χ0) is 29.8. The first-order valence-corrected chi connectivity index (χ1v) is 14.9. The Bertz CT molecular complexity index is 1710. The second-order valence-corrected chi connectivity index (χ2v) is 11.9. The molecule has 1 amide bonds. The summed E-state index contributed by atoms with van der Waals surface area (Å²) in [6, 6.07) is 21.9. The van der Waals surface area contributed by atoms with Gasteiger partial charge >= 0.3 is 0 Å². The van der Waals surface area contributed by atoms with E-state index in [1.54, 1.807) is 11.6 Å². The minimum Gasteiger partial charge on any atom is -0.368 e. The molecule has 3 aromatic heterocycles. The molecule has 0 unspecified atom stereocenters. The van der Waals surface area contributed by atoms with Crippen molar-refractivity contribution in [1.82, 2.24) is 14.5 Å². The van der Waals surface area contributed by atoms with Crippen LogP contribution in [0.2, 0.25) is 0 Å². The number of hydrogen-bond donors (Lipinski definition) is 1. The van der Waals surface area contributed by atoms with Gasteiger partial charge in [0.2, 0.25) is 0 Å². The number of fused-ring (bicyclic) bond motifs is 1. The highest BCUT2D eigenvalue weighted by molar-refractivity contribution is 7.20. The number of carbonyl (C=O) groups excluding carboxylic acids is 1. The quantitative estimate of drug-likeness (QED) is 0.272. The van der Waals surface area contributed by atoms with E-state index < -0.39 is 0 Å². The third kappa shape index (κ3) is 6.61. The lowest BCUT2D eigenvalue weighted by Gasteiger charge is -2.33. The topological polar surface area (TPSA) is 70.5 Å². The molecular formula is C34H37N5O2S. The molecule has 4 heterocycles. The molecule has 0 atom stereocenters.